The molecule has 0 saturated heterocycles. The van der Waals surface area contributed by atoms with Gasteiger partial charge in [-0.15, -0.1) is 0 Å². The van der Waals surface area contributed by atoms with Gasteiger partial charge in [-0.3, -0.25) is 9.78 Å². The van der Waals surface area contributed by atoms with Crippen LogP contribution in [-0.4, -0.2) is 41.0 Å². The van der Waals surface area contributed by atoms with Crippen LogP contribution in [0.1, 0.15) is 36.2 Å². The van der Waals surface area contributed by atoms with Gasteiger partial charge in [0.2, 0.25) is 5.95 Å². The Balaban J connectivity index is 1.48. The van der Waals surface area contributed by atoms with Crippen molar-refractivity contribution in [1.82, 2.24) is 34.6 Å². The quantitative estimate of drug-likeness (QED) is 0.320. The van der Waals surface area contributed by atoms with Gasteiger partial charge in [0.25, 0.3) is 5.56 Å². The fourth-order valence-corrected chi connectivity index (χ4v) is 4.70. The van der Waals surface area contributed by atoms with Crippen LogP contribution in [0.25, 0.3) is 16.9 Å². The smallest absolute Gasteiger partial charge is 0.278 e. The minimum atomic E-state index is -1.16. The maximum atomic E-state index is 13.6. The number of aliphatic hydroxyl groups is 1. The highest BCUT2D eigenvalue weighted by Gasteiger charge is 2.22. The highest BCUT2D eigenvalue weighted by Crippen LogP contribution is 2.24. The van der Waals surface area contributed by atoms with Crippen molar-refractivity contribution in [2.75, 3.05) is 11.9 Å². The Hall–Kier alpha value is -4.41. The average Bonchev–Trinajstić information content (AvgIpc) is 3.19. The van der Waals surface area contributed by atoms with Crippen LogP contribution in [0.15, 0.2) is 71.9 Å². The molecule has 0 saturated carbocycles. The van der Waals surface area contributed by atoms with Gasteiger partial charge in [-0.2, -0.15) is 4.98 Å². The van der Waals surface area contributed by atoms with Gasteiger partial charge in [0.05, 0.1) is 12.2 Å². The predicted molar refractivity (Wildman–Crippen MR) is 145 cm³/mol. The summed E-state index contributed by atoms with van der Waals surface area (Å²) in [6, 6.07) is 15.3. The number of nitrogens with one attached hydrogen (secondary N) is 2. The van der Waals surface area contributed by atoms with E-state index in [0.29, 0.717) is 28.5 Å². The van der Waals surface area contributed by atoms with Crippen molar-refractivity contribution >= 4 is 22.7 Å². The summed E-state index contributed by atoms with van der Waals surface area (Å²) in [6.07, 6.45) is 5.96. The Kier molecular flexibility index (Phi) is 5.97. The Morgan fingerprint density at radius 3 is 2.79 bits per heavy atom. The number of pyridine rings is 2. The molecule has 0 aliphatic carbocycles. The van der Waals surface area contributed by atoms with E-state index in [-0.39, 0.29) is 12.1 Å². The van der Waals surface area contributed by atoms with Crippen molar-refractivity contribution < 1.29 is 5.11 Å². The molecule has 0 unspecified atom stereocenters. The van der Waals surface area contributed by atoms with Crippen LogP contribution in [0.2, 0.25) is 0 Å². The fourth-order valence-electron chi connectivity index (χ4n) is 4.70. The number of fused-ring (bicyclic) bond motifs is 2. The van der Waals surface area contributed by atoms with Crippen molar-refractivity contribution in [3.63, 3.8) is 0 Å². The summed E-state index contributed by atoms with van der Waals surface area (Å²) in [5.74, 6) is 0.831. The van der Waals surface area contributed by atoms with Crippen molar-refractivity contribution in [2.24, 2.45) is 0 Å². The summed E-state index contributed by atoms with van der Waals surface area (Å²) in [5, 5.41) is 17.6. The van der Waals surface area contributed by atoms with E-state index in [2.05, 4.69) is 32.7 Å². The van der Waals surface area contributed by atoms with Crippen molar-refractivity contribution in [2.45, 2.75) is 39.0 Å². The molecule has 0 amide bonds. The first kappa shape index (κ1) is 24.0. The number of rotatable bonds is 6. The largest absolute Gasteiger partial charge is 0.384 e. The summed E-state index contributed by atoms with van der Waals surface area (Å²) in [5.41, 5.74) is 3.80. The van der Waals surface area contributed by atoms with Gasteiger partial charge in [0.1, 0.15) is 11.0 Å². The molecule has 1 aromatic carbocycles. The molecule has 1 aliphatic rings. The van der Waals surface area contributed by atoms with Crippen molar-refractivity contribution in [1.29, 1.82) is 0 Å². The average molecular weight is 509 g/mol. The highest BCUT2D eigenvalue weighted by molar-refractivity contribution is 5.77. The Labute approximate surface area is 219 Å². The lowest BCUT2D eigenvalue weighted by Crippen LogP contribution is -2.25. The predicted octanol–water partition coefficient (Wildman–Crippen LogP) is 3.04. The second kappa shape index (κ2) is 9.47. The topological polar surface area (TPSA) is 123 Å². The Morgan fingerprint density at radius 2 is 1.97 bits per heavy atom. The zero-order chi connectivity index (χ0) is 26.3. The minimum Gasteiger partial charge on any atom is -0.384 e. The number of benzene rings is 1. The molecule has 0 bridgehead atoms. The van der Waals surface area contributed by atoms with Crippen LogP contribution in [-0.2, 0) is 25.1 Å². The van der Waals surface area contributed by atoms with Crippen LogP contribution in [0.5, 0.6) is 0 Å². The molecular formula is C28H28N8O2. The molecule has 0 atom stereocenters. The molecule has 5 heterocycles. The van der Waals surface area contributed by atoms with Gasteiger partial charge < -0.3 is 15.7 Å². The van der Waals surface area contributed by atoms with E-state index in [0.717, 1.165) is 30.8 Å². The molecule has 1 aliphatic heterocycles. The lowest BCUT2D eigenvalue weighted by Gasteiger charge is -2.19. The molecule has 4 aromatic heterocycles. The molecule has 38 heavy (non-hydrogen) atoms. The van der Waals surface area contributed by atoms with E-state index in [1.54, 1.807) is 53.9 Å². The number of aromatic nitrogens is 6. The first-order chi connectivity index (χ1) is 18.4. The van der Waals surface area contributed by atoms with Crippen LogP contribution in [0, 0.1) is 0 Å². The molecule has 0 radical (unpaired) electrons. The third-order valence-electron chi connectivity index (χ3n) is 6.66. The zero-order valence-electron chi connectivity index (χ0n) is 21.2. The summed E-state index contributed by atoms with van der Waals surface area (Å²) in [7, 11) is 0. The molecule has 10 heteroatoms. The number of hydrogen-bond acceptors (Lipinski definition) is 8. The van der Waals surface area contributed by atoms with Gasteiger partial charge in [-0.05, 0) is 73.8 Å². The minimum absolute atomic E-state index is 0.245. The number of nitrogens with zero attached hydrogens (tertiary/aromatic N) is 6. The van der Waals surface area contributed by atoms with E-state index in [1.807, 2.05) is 24.3 Å². The van der Waals surface area contributed by atoms with Gasteiger partial charge >= 0.3 is 0 Å². The van der Waals surface area contributed by atoms with Crippen LogP contribution < -0.4 is 16.2 Å². The second-order valence-corrected chi connectivity index (χ2v) is 9.94. The normalized spacial score (nSPS) is 13.4. The molecular weight excluding hydrogens is 480 g/mol. The molecule has 10 nitrogen and oxygen atoms in total. The second-order valence-electron chi connectivity index (χ2n) is 9.94. The molecule has 5 aromatic rings. The maximum absolute atomic E-state index is 13.6. The summed E-state index contributed by atoms with van der Waals surface area (Å²) >= 11 is 0. The molecule has 192 valence electrons. The third-order valence-corrected chi connectivity index (χ3v) is 6.66. The van der Waals surface area contributed by atoms with E-state index in [9.17, 15) is 9.90 Å². The van der Waals surface area contributed by atoms with Gasteiger partial charge in [-0.1, -0.05) is 18.2 Å². The van der Waals surface area contributed by atoms with Crippen LogP contribution >= 0.6 is 0 Å². The van der Waals surface area contributed by atoms with Gasteiger partial charge in [0, 0.05) is 30.8 Å². The van der Waals surface area contributed by atoms with Gasteiger partial charge in [-0.25, -0.2) is 19.3 Å². The van der Waals surface area contributed by atoms with Crippen LogP contribution in [0.3, 0.4) is 0 Å². The lowest BCUT2D eigenvalue weighted by molar-refractivity contribution is 0.0738. The highest BCUT2D eigenvalue weighted by atomic mass is 16.3. The van der Waals surface area contributed by atoms with Gasteiger partial charge in [0.15, 0.2) is 11.5 Å². The fraction of sp³-hybridized carbons (Fsp3) is 0.250. The van der Waals surface area contributed by atoms with E-state index in [4.69, 9.17) is 9.97 Å². The molecule has 0 fully saturated rings. The standard InChI is InChI=1S/C28H28N8O2/c1-28(2,38)23-6-3-7-24(33-23)36-25-22(26(37)35(36)17-18-5-4-11-29-14-18)16-31-27(34-25)32-21-9-8-19-10-12-30-15-20(19)13-21/h3-9,11,13-14,16,30,38H,10,12,15,17H2,1-2H3,(H,31,32,34). The van der Waals surface area contributed by atoms with Crippen molar-refractivity contribution in [3.8, 4) is 5.82 Å². The number of hydrogen-bond donors (Lipinski definition) is 3. The monoisotopic (exact) mass is 508 g/mol. The van der Waals surface area contributed by atoms with Crippen LogP contribution in [0.4, 0.5) is 11.6 Å². The molecule has 0 spiro atoms. The third kappa shape index (κ3) is 4.55. The van der Waals surface area contributed by atoms with E-state index in [1.165, 1.54) is 11.1 Å². The number of anilines is 2. The first-order valence-electron chi connectivity index (χ1n) is 12.5. The van der Waals surface area contributed by atoms with Crippen molar-refractivity contribution in [3.05, 3.63) is 99.9 Å². The molecule has 3 N–H and O–H groups in total. The summed E-state index contributed by atoms with van der Waals surface area (Å²) in [6.45, 7) is 5.42. The van der Waals surface area contributed by atoms with E-state index >= 15 is 0 Å². The molecule has 6 rings (SSSR count). The Morgan fingerprint density at radius 1 is 1.08 bits per heavy atom. The Bertz CT molecular complexity index is 1690. The maximum Gasteiger partial charge on any atom is 0.278 e. The summed E-state index contributed by atoms with van der Waals surface area (Å²) < 4.78 is 3.25. The zero-order valence-corrected chi connectivity index (χ0v) is 21.2. The van der Waals surface area contributed by atoms with E-state index < -0.39 is 5.60 Å². The summed E-state index contributed by atoms with van der Waals surface area (Å²) in [4.78, 5) is 31.7. The lowest BCUT2D eigenvalue weighted by atomic mass is 10.0. The SMILES string of the molecule is CC(C)(O)c1cccc(-n2c3nc(Nc4ccc5c(c4)CNCC5)ncc3c(=O)n2Cc2cccnc2)n1. The first-order valence-corrected chi connectivity index (χ1v) is 12.5.